The second-order valence-electron chi connectivity index (χ2n) is 4.50. The van der Waals surface area contributed by atoms with Gasteiger partial charge in [-0.3, -0.25) is 10.1 Å². The Hall–Kier alpha value is -1.40. The van der Waals surface area contributed by atoms with Crippen LogP contribution in [-0.4, -0.2) is 23.7 Å². The second-order valence-corrected chi connectivity index (χ2v) is 4.50. The number of nitrogens with one attached hydrogen (secondary N) is 1. The summed E-state index contributed by atoms with van der Waals surface area (Å²) in [5, 5.41) is 13.6. The Balaban J connectivity index is 1.79. The maximum atomic E-state index is 10.4. The highest BCUT2D eigenvalue weighted by molar-refractivity contribution is 5.17. The van der Waals surface area contributed by atoms with Gasteiger partial charge in [0.05, 0.1) is 18.2 Å². The largest absolute Gasteiger partial charge is 0.433 e. The number of ether oxygens (including phenoxy) is 1. The number of rotatable bonds is 5. The first-order chi connectivity index (χ1) is 8.09. The molecule has 1 atom stereocenters. The summed E-state index contributed by atoms with van der Waals surface area (Å²) in [7, 11) is 0. The molecule has 2 rings (SSSR count). The summed E-state index contributed by atoms with van der Waals surface area (Å²) in [6.07, 6.45) is 2.13. The zero-order valence-corrected chi connectivity index (χ0v) is 9.77. The van der Waals surface area contributed by atoms with Gasteiger partial charge in [-0.1, -0.05) is 0 Å². The average Bonchev–Trinajstić information content (AvgIpc) is 2.88. The van der Waals surface area contributed by atoms with Crippen molar-refractivity contribution in [2.45, 2.75) is 31.9 Å². The van der Waals surface area contributed by atoms with Crippen molar-refractivity contribution in [3.05, 3.63) is 28.0 Å². The molecule has 0 aliphatic carbocycles. The lowest BCUT2D eigenvalue weighted by Gasteiger charge is -2.23. The minimum Gasteiger partial charge on any atom is -0.404 e. The molecule has 0 radical (unpaired) electrons. The first kappa shape index (κ1) is 12.1. The van der Waals surface area contributed by atoms with Crippen molar-refractivity contribution in [1.82, 2.24) is 5.32 Å². The molecular weight excluding hydrogens is 224 g/mol. The van der Waals surface area contributed by atoms with Crippen molar-refractivity contribution < 1.29 is 14.1 Å². The van der Waals surface area contributed by atoms with Crippen LogP contribution in [0.25, 0.3) is 0 Å². The Bertz CT molecular complexity index is 396. The van der Waals surface area contributed by atoms with E-state index in [1.54, 1.807) is 6.07 Å². The highest BCUT2D eigenvalue weighted by Gasteiger charge is 2.29. The van der Waals surface area contributed by atoms with Crippen LogP contribution >= 0.6 is 0 Å². The van der Waals surface area contributed by atoms with E-state index in [4.69, 9.17) is 9.15 Å². The smallest absolute Gasteiger partial charge is 0.404 e. The van der Waals surface area contributed by atoms with Gasteiger partial charge in [0.15, 0.2) is 0 Å². The zero-order chi connectivity index (χ0) is 12.3. The second kappa shape index (κ2) is 4.85. The lowest BCUT2D eigenvalue weighted by atomic mass is 10.0. The van der Waals surface area contributed by atoms with Crippen LogP contribution in [0.15, 0.2) is 16.5 Å². The predicted molar refractivity (Wildman–Crippen MR) is 60.7 cm³/mol. The fraction of sp³-hybridized carbons (Fsp3) is 0.636. The summed E-state index contributed by atoms with van der Waals surface area (Å²) in [5.74, 6) is 0.350. The molecule has 1 aromatic heterocycles. The van der Waals surface area contributed by atoms with E-state index >= 15 is 0 Å². The van der Waals surface area contributed by atoms with Crippen LogP contribution in [0.2, 0.25) is 0 Å². The molecule has 1 unspecified atom stereocenters. The van der Waals surface area contributed by atoms with E-state index in [0.717, 1.165) is 26.0 Å². The van der Waals surface area contributed by atoms with E-state index < -0.39 is 4.92 Å². The Morgan fingerprint density at radius 2 is 2.41 bits per heavy atom. The molecule has 0 bridgehead atoms. The third-order valence-electron chi connectivity index (χ3n) is 2.93. The monoisotopic (exact) mass is 240 g/mol. The van der Waals surface area contributed by atoms with Crippen LogP contribution in [0.1, 0.15) is 25.5 Å². The van der Waals surface area contributed by atoms with Gasteiger partial charge in [-0.2, -0.15) is 0 Å². The van der Waals surface area contributed by atoms with E-state index in [-0.39, 0.29) is 11.5 Å². The molecule has 0 aromatic carbocycles. The first-order valence-corrected chi connectivity index (χ1v) is 5.67. The van der Waals surface area contributed by atoms with Crippen LogP contribution in [-0.2, 0) is 11.3 Å². The molecule has 0 amide bonds. The molecule has 1 aromatic rings. The number of nitrogens with zero attached hydrogens (tertiary/aromatic N) is 1. The first-order valence-electron chi connectivity index (χ1n) is 5.67. The average molecular weight is 240 g/mol. The number of nitro groups is 1. The normalized spacial score (nSPS) is 24.1. The molecule has 17 heavy (non-hydrogen) atoms. The lowest BCUT2D eigenvalue weighted by Crippen LogP contribution is -2.36. The van der Waals surface area contributed by atoms with Gasteiger partial charge in [-0.25, -0.2) is 0 Å². The molecule has 1 aliphatic heterocycles. The highest BCUT2D eigenvalue weighted by atomic mass is 16.6. The van der Waals surface area contributed by atoms with Crippen LogP contribution < -0.4 is 5.32 Å². The molecule has 2 heterocycles. The van der Waals surface area contributed by atoms with Crippen LogP contribution in [0.3, 0.4) is 0 Å². The van der Waals surface area contributed by atoms with Crippen molar-refractivity contribution in [3.63, 3.8) is 0 Å². The minimum absolute atomic E-state index is 0.113. The topological polar surface area (TPSA) is 77.5 Å². The fourth-order valence-corrected chi connectivity index (χ4v) is 1.99. The molecule has 94 valence electrons. The molecular formula is C11H16N2O4. The quantitative estimate of drug-likeness (QED) is 0.627. The van der Waals surface area contributed by atoms with Crippen molar-refractivity contribution in [3.8, 4) is 0 Å². The number of hydrogen-bond donors (Lipinski definition) is 1. The molecule has 1 fully saturated rings. The van der Waals surface area contributed by atoms with Gasteiger partial charge >= 0.3 is 5.88 Å². The number of furan rings is 1. The Morgan fingerprint density at radius 3 is 3.00 bits per heavy atom. The summed E-state index contributed by atoms with van der Waals surface area (Å²) in [5.41, 5.74) is -0.113. The summed E-state index contributed by atoms with van der Waals surface area (Å²) >= 11 is 0. The molecule has 1 aliphatic rings. The van der Waals surface area contributed by atoms with Gasteiger partial charge < -0.3 is 14.5 Å². The maximum absolute atomic E-state index is 10.4. The Kier molecular flexibility index (Phi) is 3.44. The molecule has 0 saturated carbocycles. The molecule has 1 saturated heterocycles. The minimum atomic E-state index is -0.537. The highest BCUT2D eigenvalue weighted by Crippen LogP contribution is 2.24. The van der Waals surface area contributed by atoms with Gasteiger partial charge in [0.1, 0.15) is 10.7 Å². The predicted octanol–water partition coefficient (Wildman–Crippen LogP) is 1.85. The van der Waals surface area contributed by atoms with Crippen molar-refractivity contribution >= 4 is 5.88 Å². The molecule has 6 heteroatoms. The van der Waals surface area contributed by atoms with E-state index in [1.807, 2.05) is 0 Å². The van der Waals surface area contributed by atoms with Crippen LogP contribution in [0, 0.1) is 10.1 Å². The van der Waals surface area contributed by atoms with E-state index in [9.17, 15) is 10.1 Å². The maximum Gasteiger partial charge on any atom is 0.433 e. The van der Waals surface area contributed by atoms with Gasteiger partial charge in [-0.05, 0) is 25.8 Å². The molecule has 6 nitrogen and oxygen atoms in total. The summed E-state index contributed by atoms with van der Waals surface area (Å²) in [6, 6.07) is 2.98. The summed E-state index contributed by atoms with van der Waals surface area (Å²) < 4.78 is 10.7. The van der Waals surface area contributed by atoms with Crippen molar-refractivity contribution in [2.24, 2.45) is 0 Å². The van der Waals surface area contributed by atoms with Crippen LogP contribution in [0.4, 0.5) is 5.88 Å². The molecule has 1 N–H and O–H groups in total. The van der Waals surface area contributed by atoms with Gasteiger partial charge in [0.25, 0.3) is 0 Å². The van der Waals surface area contributed by atoms with E-state index in [1.165, 1.54) is 6.07 Å². The SMILES string of the molecule is CC1(CNCc2ccc([N+](=O)[O-])o2)CCCO1. The lowest BCUT2D eigenvalue weighted by molar-refractivity contribution is -0.402. The van der Waals surface area contributed by atoms with E-state index in [2.05, 4.69) is 12.2 Å². The van der Waals surface area contributed by atoms with Crippen LogP contribution in [0.5, 0.6) is 0 Å². The van der Waals surface area contributed by atoms with Gasteiger partial charge in [0.2, 0.25) is 0 Å². The Morgan fingerprint density at radius 1 is 1.59 bits per heavy atom. The standard InChI is InChI=1S/C11H16N2O4/c1-11(5-2-6-16-11)8-12-7-9-3-4-10(17-9)13(14)15/h3-4,12H,2,5-8H2,1H3. The number of hydrogen-bond acceptors (Lipinski definition) is 5. The summed E-state index contributed by atoms with van der Waals surface area (Å²) in [4.78, 5) is 9.88. The van der Waals surface area contributed by atoms with Gasteiger partial charge in [0, 0.05) is 13.2 Å². The third kappa shape index (κ3) is 3.04. The van der Waals surface area contributed by atoms with E-state index in [0.29, 0.717) is 12.3 Å². The Labute approximate surface area is 99.1 Å². The van der Waals surface area contributed by atoms with Crippen molar-refractivity contribution in [1.29, 1.82) is 0 Å². The van der Waals surface area contributed by atoms with Crippen molar-refractivity contribution in [2.75, 3.05) is 13.2 Å². The summed E-state index contributed by atoms with van der Waals surface area (Å²) in [6.45, 7) is 4.08. The zero-order valence-electron chi connectivity index (χ0n) is 9.77. The van der Waals surface area contributed by atoms with Gasteiger partial charge in [-0.15, -0.1) is 0 Å². The third-order valence-corrected chi connectivity index (χ3v) is 2.93. The fourth-order valence-electron chi connectivity index (χ4n) is 1.99. The molecule has 0 spiro atoms.